The molecule has 1 aliphatic heterocycles. The van der Waals surface area contributed by atoms with Crippen LogP contribution in [-0.4, -0.2) is 31.9 Å². The van der Waals surface area contributed by atoms with Crippen LogP contribution in [-0.2, 0) is 4.74 Å². The van der Waals surface area contributed by atoms with Gasteiger partial charge in [-0.3, -0.25) is 0 Å². The Bertz CT molecular complexity index is 471. The molecule has 2 rings (SSSR count). The third-order valence-corrected chi connectivity index (χ3v) is 3.42. The molecule has 1 aromatic carbocycles. The summed E-state index contributed by atoms with van der Waals surface area (Å²) in [5.74, 6) is -0.276. The number of benzene rings is 1. The average molecular weight is 265 g/mol. The minimum absolute atomic E-state index is 0.276. The fraction of sp³-hybridized carbons (Fsp3) is 0.467. The van der Waals surface area contributed by atoms with E-state index in [-0.39, 0.29) is 5.82 Å². The Hall–Kier alpha value is -1.39. The molecular formula is C15H20FNO2. The van der Waals surface area contributed by atoms with Gasteiger partial charge >= 0.3 is 0 Å². The number of anilines is 1. The van der Waals surface area contributed by atoms with Gasteiger partial charge in [0.15, 0.2) is 0 Å². The van der Waals surface area contributed by atoms with E-state index in [1.54, 1.807) is 26.2 Å². The second-order valence-corrected chi connectivity index (χ2v) is 4.85. The molecule has 0 spiro atoms. The van der Waals surface area contributed by atoms with Crippen molar-refractivity contribution in [2.45, 2.75) is 19.4 Å². The number of hydrogen-bond acceptors (Lipinski definition) is 3. The van der Waals surface area contributed by atoms with E-state index >= 15 is 0 Å². The van der Waals surface area contributed by atoms with Crippen molar-refractivity contribution in [2.75, 3.05) is 31.7 Å². The highest BCUT2D eigenvalue weighted by Crippen LogP contribution is 2.31. The Morgan fingerprint density at radius 2 is 2.26 bits per heavy atom. The normalized spacial score (nSPS) is 17.3. The van der Waals surface area contributed by atoms with E-state index in [0.29, 0.717) is 24.4 Å². The number of para-hydroxylation sites is 1. The summed E-state index contributed by atoms with van der Waals surface area (Å²) in [6.07, 6.45) is 2.27. The number of halogens is 1. The van der Waals surface area contributed by atoms with Crippen LogP contribution in [0, 0.1) is 5.82 Å². The molecule has 3 nitrogen and oxygen atoms in total. The van der Waals surface area contributed by atoms with Crippen LogP contribution in [0.15, 0.2) is 29.8 Å². The molecule has 1 aromatic rings. The monoisotopic (exact) mass is 265 g/mol. The van der Waals surface area contributed by atoms with E-state index in [2.05, 4.69) is 6.08 Å². The molecule has 1 N–H and O–H groups in total. The lowest BCUT2D eigenvalue weighted by molar-refractivity contribution is 0.199. The predicted molar refractivity (Wildman–Crippen MR) is 73.8 cm³/mol. The molecular weight excluding hydrogens is 245 g/mol. The predicted octanol–water partition coefficient (Wildman–Crippen LogP) is 2.66. The molecule has 1 unspecified atom stereocenters. The molecule has 0 saturated heterocycles. The first-order valence-electron chi connectivity index (χ1n) is 6.51. The highest BCUT2D eigenvalue weighted by atomic mass is 19.1. The van der Waals surface area contributed by atoms with Crippen molar-refractivity contribution in [1.29, 1.82) is 0 Å². The molecule has 0 fully saturated rings. The Kier molecular flexibility index (Phi) is 4.56. The van der Waals surface area contributed by atoms with Gasteiger partial charge in [0.05, 0.1) is 18.4 Å². The topological polar surface area (TPSA) is 32.7 Å². The zero-order valence-corrected chi connectivity index (χ0v) is 11.4. The average Bonchev–Trinajstić information content (AvgIpc) is 2.40. The summed E-state index contributed by atoms with van der Waals surface area (Å²) in [4.78, 5) is 1.97. The molecule has 0 bridgehead atoms. The lowest BCUT2D eigenvalue weighted by Gasteiger charge is -2.31. The van der Waals surface area contributed by atoms with Gasteiger partial charge in [-0.1, -0.05) is 18.2 Å². The molecule has 0 amide bonds. The highest BCUT2D eigenvalue weighted by molar-refractivity contribution is 5.57. The van der Waals surface area contributed by atoms with Crippen molar-refractivity contribution in [3.63, 3.8) is 0 Å². The molecule has 4 heteroatoms. The van der Waals surface area contributed by atoms with E-state index in [4.69, 9.17) is 4.74 Å². The van der Waals surface area contributed by atoms with Crippen LogP contribution >= 0.6 is 0 Å². The Labute approximate surface area is 113 Å². The van der Waals surface area contributed by atoms with Gasteiger partial charge in [-0.25, -0.2) is 4.39 Å². The number of hydrogen-bond donors (Lipinski definition) is 1. The summed E-state index contributed by atoms with van der Waals surface area (Å²) in [5, 5.41) is 9.77. The van der Waals surface area contributed by atoms with Crippen molar-refractivity contribution in [1.82, 2.24) is 0 Å². The van der Waals surface area contributed by atoms with Gasteiger partial charge in [-0.15, -0.1) is 0 Å². The van der Waals surface area contributed by atoms with Crippen molar-refractivity contribution in [2.24, 2.45) is 0 Å². The fourth-order valence-electron chi connectivity index (χ4n) is 2.43. The third kappa shape index (κ3) is 3.14. The standard InChI is InChI=1S/C15H20FNO2/c1-11(18)13-4-3-5-14(16)15(13)17-8-6-12(7-9-17)10-19-2/h3-6,11,18H,7-10H2,1-2H3. The zero-order chi connectivity index (χ0) is 13.8. The molecule has 0 radical (unpaired) electrons. The second-order valence-electron chi connectivity index (χ2n) is 4.85. The van der Waals surface area contributed by atoms with E-state index < -0.39 is 6.10 Å². The number of aliphatic hydroxyl groups excluding tert-OH is 1. The van der Waals surface area contributed by atoms with Crippen LogP contribution in [0.25, 0.3) is 0 Å². The van der Waals surface area contributed by atoms with Crippen molar-refractivity contribution < 1.29 is 14.2 Å². The van der Waals surface area contributed by atoms with Gasteiger partial charge < -0.3 is 14.7 Å². The van der Waals surface area contributed by atoms with Crippen molar-refractivity contribution >= 4 is 5.69 Å². The van der Waals surface area contributed by atoms with Crippen LogP contribution in [0.2, 0.25) is 0 Å². The lowest BCUT2D eigenvalue weighted by atomic mass is 10.0. The lowest BCUT2D eigenvalue weighted by Crippen LogP contribution is -2.31. The number of ether oxygens (including phenoxy) is 1. The molecule has 1 aliphatic rings. The van der Waals surface area contributed by atoms with Gasteiger partial charge in [0.1, 0.15) is 5.82 Å². The molecule has 0 saturated carbocycles. The van der Waals surface area contributed by atoms with Crippen molar-refractivity contribution in [3.8, 4) is 0 Å². The maximum absolute atomic E-state index is 14.0. The maximum Gasteiger partial charge on any atom is 0.146 e. The number of rotatable bonds is 4. The minimum atomic E-state index is -0.671. The molecule has 104 valence electrons. The van der Waals surface area contributed by atoms with E-state index in [0.717, 1.165) is 13.0 Å². The van der Waals surface area contributed by atoms with Crippen LogP contribution in [0.1, 0.15) is 25.0 Å². The summed E-state index contributed by atoms with van der Waals surface area (Å²) < 4.78 is 19.1. The van der Waals surface area contributed by atoms with E-state index in [1.807, 2.05) is 4.90 Å². The zero-order valence-electron chi connectivity index (χ0n) is 11.4. The van der Waals surface area contributed by atoms with Crippen molar-refractivity contribution in [3.05, 3.63) is 41.2 Å². The number of nitrogens with zero attached hydrogens (tertiary/aromatic N) is 1. The maximum atomic E-state index is 14.0. The molecule has 0 aromatic heterocycles. The Morgan fingerprint density at radius 1 is 1.47 bits per heavy atom. The first-order valence-corrected chi connectivity index (χ1v) is 6.51. The highest BCUT2D eigenvalue weighted by Gasteiger charge is 2.20. The Morgan fingerprint density at radius 3 is 2.84 bits per heavy atom. The van der Waals surface area contributed by atoms with Gasteiger partial charge in [0, 0.05) is 25.8 Å². The SMILES string of the molecule is COCC1=CCN(c2c(F)cccc2C(C)O)CC1. The Balaban J connectivity index is 2.24. The minimum Gasteiger partial charge on any atom is -0.389 e. The van der Waals surface area contributed by atoms with Crippen LogP contribution in [0.3, 0.4) is 0 Å². The number of methoxy groups -OCH3 is 1. The fourth-order valence-corrected chi connectivity index (χ4v) is 2.43. The molecule has 19 heavy (non-hydrogen) atoms. The quantitative estimate of drug-likeness (QED) is 0.850. The van der Waals surface area contributed by atoms with E-state index in [9.17, 15) is 9.50 Å². The van der Waals surface area contributed by atoms with Crippen LogP contribution < -0.4 is 4.90 Å². The number of aliphatic hydroxyl groups is 1. The molecule has 0 aliphatic carbocycles. The van der Waals surface area contributed by atoms with Gasteiger partial charge in [0.25, 0.3) is 0 Å². The third-order valence-electron chi connectivity index (χ3n) is 3.42. The summed E-state index contributed by atoms with van der Waals surface area (Å²) in [6, 6.07) is 4.85. The second kappa shape index (κ2) is 6.17. The van der Waals surface area contributed by atoms with Crippen LogP contribution in [0.5, 0.6) is 0 Å². The first kappa shape index (κ1) is 14.0. The summed E-state index contributed by atoms with van der Waals surface area (Å²) in [6.45, 7) is 3.69. The smallest absolute Gasteiger partial charge is 0.146 e. The largest absolute Gasteiger partial charge is 0.389 e. The van der Waals surface area contributed by atoms with Gasteiger partial charge in [-0.05, 0) is 25.0 Å². The van der Waals surface area contributed by atoms with Gasteiger partial charge in [0.2, 0.25) is 0 Å². The van der Waals surface area contributed by atoms with E-state index in [1.165, 1.54) is 11.6 Å². The molecule has 1 atom stereocenters. The van der Waals surface area contributed by atoms with Gasteiger partial charge in [-0.2, -0.15) is 0 Å². The summed E-state index contributed by atoms with van der Waals surface area (Å²) in [5.41, 5.74) is 2.41. The van der Waals surface area contributed by atoms with Crippen LogP contribution in [0.4, 0.5) is 10.1 Å². The molecule has 1 heterocycles. The summed E-state index contributed by atoms with van der Waals surface area (Å²) in [7, 11) is 1.68. The first-order chi connectivity index (χ1) is 9.13. The summed E-state index contributed by atoms with van der Waals surface area (Å²) >= 11 is 0.